The van der Waals surface area contributed by atoms with Gasteiger partial charge in [-0.05, 0) is 77.4 Å². The quantitative estimate of drug-likeness (QED) is 0.290. The summed E-state index contributed by atoms with van der Waals surface area (Å²) in [7, 11) is -4.55. The summed E-state index contributed by atoms with van der Waals surface area (Å²) in [4.78, 5) is 28.1. The average Bonchev–Trinajstić information content (AvgIpc) is 2.90. The Hall–Kier alpha value is -3.57. The number of anilines is 1. The summed E-state index contributed by atoms with van der Waals surface area (Å²) in [6, 6.07) is 14.5. The lowest BCUT2D eigenvalue weighted by Crippen LogP contribution is -2.54. The molecule has 0 unspecified atom stereocenters. The number of hydrogen-bond acceptors (Lipinski definition) is 4. The van der Waals surface area contributed by atoms with Crippen LogP contribution >= 0.6 is 11.6 Å². The maximum absolute atomic E-state index is 14.0. The van der Waals surface area contributed by atoms with Crippen LogP contribution in [0.1, 0.15) is 49.9 Å². The molecule has 3 aromatic rings. The van der Waals surface area contributed by atoms with Gasteiger partial charge in [-0.2, -0.15) is 13.2 Å². The van der Waals surface area contributed by atoms with E-state index in [-0.39, 0.29) is 11.4 Å². The van der Waals surface area contributed by atoms with Gasteiger partial charge >= 0.3 is 6.18 Å². The van der Waals surface area contributed by atoms with Crippen LogP contribution in [0.3, 0.4) is 0 Å². The van der Waals surface area contributed by atoms with E-state index in [9.17, 15) is 31.2 Å². The minimum absolute atomic E-state index is 0.0509. The Balaban J connectivity index is 2.13. The van der Waals surface area contributed by atoms with E-state index in [1.165, 1.54) is 24.0 Å². The predicted molar refractivity (Wildman–Crippen MR) is 161 cm³/mol. The van der Waals surface area contributed by atoms with Crippen LogP contribution in [0, 0.1) is 13.8 Å². The monoisotopic (exact) mass is 637 g/mol. The van der Waals surface area contributed by atoms with Crippen LogP contribution in [-0.4, -0.2) is 43.3 Å². The summed E-state index contributed by atoms with van der Waals surface area (Å²) in [5.74, 6) is -1.27. The molecule has 0 aliphatic rings. The molecule has 0 saturated carbocycles. The molecule has 0 aliphatic heterocycles. The number of rotatable bonds is 9. The molecule has 1 N–H and O–H groups in total. The Morgan fingerprint density at radius 3 is 1.95 bits per heavy atom. The lowest BCUT2D eigenvalue weighted by Gasteiger charge is -2.33. The lowest BCUT2D eigenvalue weighted by atomic mass is 10.1. The van der Waals surface area contributed by atoms with Gasteiger partial charge in [0.25, 0.3) is 10.0 Å². The SMILES string of the molecule is Cc1ccc(CN(C(=O)CN(c2ccc(Cl)c(C(F)(F)F)c2)S(=O)(=O)c2ccc(C)cc2)[C@H](C)C(=O)NC(C)(C)C)cc1. The zero-order chi connectivity index (χ0) is 32.3. The number of hydrogen-bond donors (Lipinski definition) is 1. The van der Waals surface area contributed by atoms with E-state index >= 15 is 0 Å². The number of nitrogens with one attached hydrogen (secondary N) is 1. The summed E-state index contributed by atoms with van der Waals surface area (Å²) < 4.78 is 69.7. The van der Waals surface area contributed by atoms with Crippen molar-refractivity contribution in [3.63, 3.8) is 0 Å². The lowest BCUT2D eigenvalue weighted by molar-refractivity contribution is -0.140. The van der Waals surface area contributed by atoms with Gasteiger partial charge in [0, 0.05) is 12.1 Å². The van der Waals surface area contributed by atoms with Crippen LogP contribution in [-0.2, 0) is 32.3 Å². The van der Waals surface area contributed by atoms with Crippen molar-refractivity contribution in [2.75, 3.05) is 10.8 Å². The average molecular weight is 638 g/mol. The number of carbonyl (C=O) groups excluding carboxylic acids is 2. The summed E-state index contributed by atoms with van der Waals surface area (Å²) in [6.07, 6.45) is -4.88. The number of halogens is 4. The highest BCUT2D eigenvalue weighted by atomic mass is 35.5. The maximum atomic E-state index is 14.0. The standard InChI is InChI=1S/C31H35ClF3N3O4S/c1-20-7-11-23(12-8-20)18-37(22(3)29(40)36-30(4,5)6)28(39)19-38(43(41,42)25-14-9-21(2)10-15-25)24-13-16-27(32)26(17-24)31(33,34)35/h7-17,22H,18-19H2,1-6H3,(H,36,40)/t22-/m1/s1. The Bertz CT molecular complexity index is 1570. The van der Waals surface area contributed by atoms with Crippen molar-refractivity contribution in [3.05, 3.63) is 94.0 Å². The number of sulfonamides is 1. The van der Waals surface area contributed by atoms with Crippen molar-refractivity contribution < 1.29 is 31.2 Å². The fourth-order valence-electron chi connectivity index (χ4n) is 4.20. The van der Waals surface area contributed by atoms with Crippen molar-refractivity contribution >= 4 is 39.1 Å². The van der Waals surface area contributed by atoms with Crippen molar-refractivity contribution in [2.24, 2.45) is 0 Å². The summed E-state index contributed by atoms with van der Waals surface area (Å²) >= 11 is 5.81. The first-order valence-electron chi connectivity index (χ1n) is 13.4. The number of nitrogens with zero attached hydrogens (tertiary/aromatic N) is 2. The number of alkyl halides is 3. The first kappa shape index (κ1) is 33.9. The van der Waals surface area contributed by atoms with E-state index in [0.29, 0.717) is 15.9 Å². The van der Waals surface area contributed by atoms with Gasteiger partial charge in [-0.25, -0.2) is 8.42 Å². The molecule has 1 atom stereocenters. The van der Waals surface area contributed by atoms with Crippen molar-refractivity contribution in [1.82, 2.24) is 10.2 Å². The third kappa shape index (κ3) is 8.73. The largest absolute Gasteiger partial charge is 0.417 e. The van der Waals surface area contributed by atoms with Crippen molar-refractivity contribution in [1.29, 1.82) is 0 Å². The molecule has 2 amide bonds. The zero-order valence-corrected chi connectivity index (χ0v) is 26.4. The van der Waals surface area contributed by atoms with Gasteiger partial charge in [-0.3, -0.25) is 13.9 Å². The van der Waals surface area contributed by atoms with Gasteiger partial charge in [0.05, 0.1) is 21.2 Å². The molecule has 7 nitrogen and oxygen atoms in total. The zero-order valence-electron chi connectivity index (χ0n) is 24.8. The Labute approximate surface area is 255 Å². The molecule has 43 heavy (non-hydrogen) atoms. The third-order valence-electron chi connectivity index (χ3n) is 6.57. The van der Waals surface area contributed by atoms with E-state index in [2.05, 4.69) is 5.32 Å². The van der Waals surface area contributed by atoms with Crippen molar-refractivity contribution in [2.45, 2.75) is 70.7 Å². The molecule has 0 saturated heterocycles. The molecule has 0 aliphatic carbocycles. The highest BCUT2D eigenvalue weighted by molar-refractivity contribution is 7.92. The summed E-state index contributed by atoms with van der Waals surface area (Å²) in [5.41, 5.74) is 0.120. The maximum Gasteiger partial charge on any atom is 0.417 e. The van der Waals surface area contributed by atoms with Gasteiger partial charge in [0.2, 0.25) is 11.8 Å². The Kier molecular flexibility index (Phi) is 10.2. The highest BCUT2D eigenvalue weighted by Crippen LogP contribution is 2.38. The molecule has 232 valence electrons. The predicted octanol–water partition coefficient (Wildman–Crippen LogP) is 6.50. The van der Waals surface area contributed by atoms with E-state index in [4.69, 9.17) is 11.6 Å². The first-order chi connectivity index (χ1) is 19.8. The minimum atomic E-state index is -4.88. The fourth-order valence-corrected chi connectivity index (χ4v) is 5.83. The van der Waals surface area contributed by atoms with E-state index < -0.39 is 62.4 Å². The highest BCUT2D eigenvalue weighted by Gasteiger charge is 2.37. The molecule has 12 heteroatoms. The van der Waals surface area contributed by atoms with E-state index in [0.717, 1.165) is 23.3 Å². The number of amides is 2. The molecule has 0 aromatic heterocycles. The smallest absolute Gasteiger partial charge is 0.350 e. The van der Waals surface area contributed by atoms with Crippen LogP contribution in [0.2, 0.25) is 5.02 Å². The van der Waals surface area contributed by atoms with E-state index in [1.54, 1.807) is 52.0 Å². The van der Waals surface area contributed by atoms with Gasteiger partial charge in [0.1, 0.15) is 12.6 Å². The van der Waals surface area contributed by atoms with Crippen LogP contribution in [0.25, 0.3) is 0 Å². The van der Waals surface area contributed by atoms with Gasteiger partial charge in [-0.1, -0.05) is 59.1 Å². The first-order valence-corrected chi connectivity index (χ1v) is 15.2. The number of benzene rings is 3. The molecular weight excluding hydrogens is 603 g/mol. The van der Waals surface area contributed by atoms with Crippen molar-refractivity contribution in [3.8, 4) is 0 Å². The summed E-state index contributed by atoms with van der Waals surface area (Å²) in [6.45, 7) is 9.55. The van der Waals surface area contributed by atoms with Crippen LogP contribution in [0.15, 0.2) is 71.6 Å². The molecule has 3 aromatic carbocycles. The molecule has 0 fully saturated rings. The van der Waals surface area contributed by atoms with Crippen LogP contribution < -0.4 is 9.62 Å². The topological polar surface area (TPSA) is 86.8 Å². The van der Waals surface area contributed by atoms with Gasteiger partial charge in [0.15, 0.2) is 0 Å². The molecule has 0 bridgehead atoms. The fraction of sp³-hybridized carbons (Fsp3) is 0.355. The molecule has 3 rings (SSSR count). The second-order valence-electron chi connectivity index (χ2n) is 11.4. The molecule has 0 heterocycles. The van der Waals surface area contributed by atoms with Gasteiger partial charge in [-0.15, -0.1) is 0 Å². The van der Waals surface area contributed by atoms with Crippen LogP contribution in [0.5, 0.6) is 0 Å². The summed E-state index contributed by atoms with van der Waals surface area (Å²) in [5, 5.41) is 2.20. The number of aryl methyl sites for hydroxylation is 2. The normalized spacial score (nSPS) is 12.9. The minimum Gasteiger partial charge on any atom is -0.350 e. The molecule has 0 spiro atoms. The van der Waals surface area contributed by atoms with E-state index in [1.807, 2.05) is 19.1 Å². The Morgan fingerprint density at radius 1 is 0.907 bits per heavy atom. The molecular formula is C31H35ClF3N3O4S. The molecule has 0 radical (unpaired) electrons. The van der Waals surface area contributed by atoms with Gasteiger partial charge < -0.3 is 10.2 Å². The second kappa shape index (κ2) is 13.0. The second-order valence-corrected chi connectivity index (χ2v) is 13.7. The Morgan fingerprint density at radius 2 is 1.44 bits per heavy atom. The number of carbonyl (C=O) groups is 2. The third-order valence-corrected chi connectivity index (χ3v) is 8.69. The van der Waals surface area contributed by atoms with Crippen LogP contribution in [0.4, 0.5) is 18.9 Å².